The summed E-state index contributed by atoms with van der Waals surface area (Å²) in [6.45, 7) is 8.72. The minimum atomic E-state index is 0.265. The van der Waals surface area contributed by atoms with Crippen LogP contribution >= 0.6 is 0 Å². The van der Waals surface area contributed by atoms with Gasteiger partial charge in [0, 0.05) is 31.7 Å². The molecule has 1 heterocycles. The van der Waals surface area contributed by atoms with E-state index in [0.29, 0.717) is 5.82 Å². The van der Waals surface area contributed by atoms with Crippen molar-refractivity contribution in [3.63, 3.8) is 0 Å². The summed E-state index contributed by atoms with van der Waals surface area (Å²) in [5.41, 5.74) is 2.57. The maximum Gasteiger partial charge on any atom is 0.145 e. The lowest BCUT2D eigenvalue weighted by Gasteiger charge is -2.11. The molecular formula is C14H27N5O. The molecule has 0 aromatic carbocycles. The fourth-order valence-corrected chi connectivity index (χ4v) is 1.63. The number of rotatable bonds is 10. The van der Waals surface area contributed by atoms with Crippen molar-refractivity contribution in [3.05, 3.63) is 11.9 Å². The average molecular weight is 281 g/mol. The van der Waals surface area contributed by atoms with Crippen molar-refractivity contribution >= 4 is 11.6 Å². The van der Waals surface area contributed by atoms with Gasteiger partial charge in [-0.2, -0.15) is 0 Å². The van der Waals surface area contributed by atoms with E-state index in [4.69, 9.17) is 10.6 Å². The van der Waals surface area contributed by atoms with E-state index in [1.54, 1.807) is 0 Å². The van der Waals surface area contributed by atoms with E-state index in [1.807, 2.05) is 6.07 Å². The molecule has 1 aromatic rings. The van der Waals surface area contributed by atoms with Gasteiger partial charge in [0.25, 0.3) is 0 Å². The van der Waals surface area contributed by atoms with E-state index in [-0.39, 0.29) is 5.92 Å². The highest BCUT2D eigenvalue weighted by molar-refractivity contribution is 5.47. The lowest BCUT2D eigenvalue weighted by Crippen LogP contribution is -2.14. The first-order valence-corrected chi connectivity index (χ1v) is 7.34. The smallest absolute Gasteiger partial charge is 0.145 e. The van der Waals surface area contributed by atoms with Gasteiger partial charge in [0.05, 0.1) is 0 Å². The van der Waals surface area contributed by atoms with Crippen LogP contribution in [0.25, 0.3) is 0 Å². The van der Waals surface area contributed by atoms with E-state index < -0.39 is 0 Å². The predicted octanol–water partition coefficient (Wildman–Crippen LogP) is 2.50. The molecule has 6 nitrogen and oxygen atoms in total. The summed E-state index contributed by atoms with van der Waals surface area (Å²) in [6.07, 6.45) is 3.25. The third kappa shape index (κ3) is 6.16. The summed E-state index contributed by atoms with van der Waals surface area (Å²) < 4.78 is 5.51. The summed E-state index contributed by atoms with van der Waals surface area (Å²) in [5.74, 6) is 7.89. The third-order valence-electron chi connectivity index (χ3n) is 2.82. The van der Waals surface area contributed by atoms with Gasteiger partial charge in [0.1, 0.15) is 17.5 Å². The lowest BCUT2D eigenvalue weighted by molar-refractivity contribution is 0.131. The van der Waals surface area contributed by atoms with Crippen LogP contribution in [-0.4, -0.2) is 29.7 Å². The zero-order valence-electron chi connectivity index (χ0n) is 12.8. The number of nitrogens with zero attached hydrogens (tertiary/aromatic N) is 2. The zero-order valence-corrected chi connectivity index (χ0v) is 12.8. The quantitative estimate of drug-likeness (QED) is 0.347. The van der Waals surface area contributed by atoms with Crippen molar-refractivity contribution < 1.29 is 4.74 Å². The average Bonchev–Trinajstić information content (AvgIpc) is 2.46. The number of ether oxygens (including phenoxy) is 1. The highest BCUT2D eigenvalue weighted by atomic mass is 16.5. The van der Waals surface area contributed by atoms with Gasteiger partial charge in [-0.25, -0.2) is 15.8 Å². The molecule has 20 heavy (non-hydrogen) atoms. The van der Waals surface area contributed by atoms with Crippen molar-refractivity contribution in [3.8, 4) is 0 Å². The molecule has 0 radical (unpaired) electrons. The minimum Gasteiger partial charge on any atom is -0.381 e. The number of nitrogen functional groups attached to an aromatic ring is 1. The van der Waals surface area contributed by atoms with Crippen LogP contribution < -0.4 is 16.6 Å². The van der Waals surface area contributed by atoms with Crippen molar-refractivity contribution in [2.75, 3.05) is 30.5 Å². The number of unbranched alkanes of at least 4 members (excludes halogenated alkanes) is 1. The Morgan fingerprint density at radius 2 is 1.90 bits per heavy atom. The Balaban J connectivity index is 2.37. The van der Waals surface area contributed by atoms with E-state index >= 15 is 0 Å². The number of hydrogen-bond donors (Lipinski definition) is 3. The molecule has 0 unspecified atom stereocenters. The molecule has 0 fully saturated rings. The molecule has 0 amide bonds. The highest BCUT2D eigenvalue weighted by Crippen LogP contribution is 2.16. The molecule has 0 saturated carbocycles. The molecule has 4 N–H and O–H groups in total. The second-order valence-corrected chi connectivity index (χ2v) is 5.04. The highest BCUT2D eigenvalue weighted by Gasteiger charge is 2.07. The normalized spacial score (nSPS) is 10.8. The Kier molecular flexibility index (Phi) is 7.91. The Labute approximate surface area is 121 Å². The van der Waals surface area contributed by atoms with Crippen LogP contribution in [0.2, 0.25) is 0 Å². The Morgan fingerprint density at radius 1 is 1.20 bits per heavy atom. The topological polar surface area (TPSA) is 85.1 Å². The lowest BCUT2D eigenvalue weighted by atomic mass is 10.2. The minimum absolute atomic E-state index is 0.265. The van der Waals surface area contributed by atoms with Gasteiger partial charge in [0.15, 0.2) is 0 Å². The maximum atomic E-state index is 5.51. The molecule has 1 rings (SSSR count). The maximum absolute atomic E-state index is 5.51. The fraction of sp³-hybridized carbons (Fsp3) is 0.714. The van der Waals surface area contributed by atoms with E-state index in [9.17, 15) is 0 Å². The Bertz CT molecular complexity index is 384. The standard InChI is InChI=1S/C14H27N5O/c1-4-5-8-20-9-6-7-16-12-10-13(19-15)18-14(17-12)11(2)3/h10-11H,4-9,15H2,1-3H3,(H2,16,17,18,19). The second-order valence-electron chi connectivity index (χ2n) is 5.04. The number of hydrogen-bond acceptors (Lipinski definition) is 6. The van der Waals surface area contributed by atoms with Crippen molar-refractivity contribution in [2.45, 2.75) is 46.0 Å². The molecule has 1 aromatic heterocycles. The molecule has 0 aliphatic carbocycles. The Hall–Kier alpha value is -1.40. The van der Waals surface area contributed by atoms with Gasteiger partial charge >= 0.3 is 0 Å². The van der Waals surface area contributed by atoms with Crippen molar-refractivity contribution in [2.24, 2.45) is 5.84 Å². The van der Waals surface area contributed by atoms with Crippen LogP contribution in [0, 0.1) is 0 Å². The van der Waals surface area contributed by atoms with Crippen LogP contribution in [0.15, 0.2) is 6.07 Å². The van der Waals surface area contributed by atoms with Crippen LogP contribution in [0.4, 0.5) is 11.6 Å². The van der Waals surface area contributed by atoms with Gasteiger partial charge in [-0.05, 0) is 12.8 Å². The predicted molar refractivity (Wildman–Crippen MR) is 82.8 cm³/mol. The summed E-state index contributed by atoms with van der Waals surface area (Å²) in [6, 6.07) is 1.81. The SMILES string of the molecule is CCCCOCCCNc1cc(NN)nc(C(C)C)n1. The van der Waals surface area contributed by atoms with E-state index in [2.05, 4.69) is 41.5 Å². The number of nitrogens with two attached hydrogens (primary N) is 1. The van der Waals surface area contributed by atoms with Gasteiger partial charge in [-0.1, -0.05) is 27.2 Å². The number of anilines is 2. The van der Waals surface area contributed by atoms with Crippen LogP contribution in [0.3, 0.4) is 0 Å². The first-order valence-electron chi connectivity index (χ1n) is 7.34. The van der Waals surface area contributed by atoms with Gasteiger partial charge in [0.2, 0.25) is 0 Å². The summed E-state index contributed by atoms with van der Waals surface area (Å²) in [4.78, 5) is 8.79. The molecular weight excluding hydrogens is 254 g/mol. The molecule has 0 aliphatic rings. The first-order chi connectivity index (χ1) is 9.67. The van der Waals surface area contributed by atoms with E-state index in [1.165, 1.54) is 6.42 Å². The summed E-state index contributed by atoms with van der Waals surface area (Å²) >= 11 is 0. The van der Waals surface area contributed by atoms with Gasteiger partial charge < -0.3 is 15.5 Å². The van der Waals surface area contributed by atoms with E-state index in [0.717, 1.165) is 44.2 Å². The Morgan fingerprint density at radius 3 is 2.55 bits per heavy atom. The largest absolute Gasteiger partial charge is 0.381 e. The first kappa shape index (κ1) is 16.7. The molecule has 0 spiro atoms. The van der Waals surface area contributed by atoms with Crippen LogP contribution in [-0.2, 0) is 4.74 Å². The third-order valence-corrected chi connectivity index (χ3v) is 2.82. The fourth-order valence-electron chi connectivity index (χ4n) is 1.63. The van der Waals surface area contributed by atoms with Gasteiger partial charge in [-0.15, -0.1) is 0 Å². The number of aromatic nitrogens is 2. The summed E-state index contributed by atoms with van der Waals surface area (Å²) in [7, 11) is 0. The zero-order chi connectivity index (χ0) is 14.8. The molecule has 0 atom stereocenters. The van der Waals surface area contributed by atoms with Crippen molar-refractivity contribution in [1.29, 1.82) is 0 Å². The van der Waals surface area contributed by atoms with Gasteiger partial charge in [-0.3, -0.25) is 0 Å². The number of hydrazine groups is 1. The van der Waals surface area contributed by atoms with Crippen molar-refractivity contribution in [1.82, 2.24) is 9.97 Å². The summed E-state index contributed by atoms with van der Waals surface area (Å²) in [5, 5.41) is 3.28. The molecule has 114 valence electrons. The molecule has 0 bridgehead atoms. The molecule has 6 heteroatoms. The van der Waals surface area contributed by atoms with Crippen LogP contribution in [0.5, 0.6) is 0 Å². The van der Waals surface area contributed by atoms with Crippen LogP contribution in [0.1, 0.15) is 51.8 Å². The monoisotopic (exact) mass is 281 g/mol. The molecule has 0 aliphatic heterocycles. The second kappa shape index (κ2) is 9.50. The molecule has 0 saturated heterocycles. The number of nitrogens with one attached hydrogen (secondary N) is 2.